The molecular formula is C10H7NO2S. The number of hydrogen-bond donors (Lipinski definition) is 1. The molecule has 3 nitrogen and oxygen atoms in total. The van der Waals surface area contributed by atoms with Crippen LogP contribution >= 0.6 is 11.3 Å². The number of aliphatic carboxylic acids is 1. The van der Waals surface area contributed by atoms with Crippen LogP contribution in [-0.2, 0) is 4.79 Å². The van der Waals surface area contributed by atoms with Crippen molar-refractivity contribution in [3.63, 3.8) is 0 Å². The highest BCUT2D eigenvalue weighted by Gasteiger charge is 2.06. The Labute approximate surface area is 85.2 Å². The van der Waals surface area contributed by atoms with E-state index >= 15 is 0 Å². The zero-order valence-electron chi connectivity index (χ0n) is 7.23. The van der Waals surface area contributed by atoms with Crippen LogP contribution < -0.4 is 0 Å². The summed E-state index contributed by atoms with van der Waals surface area (Å²) in [5, 5.41) is 17.1. The van der Waals surface area contributed by atoms with Crippen LogP contribution in [0.3, 0.4) is 0 Å². The Hall–Kier alpha value is -1.86. The lowest BCUT2D eigenvalue weighted by Crippen LogP contribution is -1.96. The van der Waals surface area contributed by atoms with Gasteiger partial charge in [0.2, 0.25) is 0 Å². The monoisotopic (exact) mass is 205 g/mol. The summed E-state index contributed by atoms with van der Waals surface area (Å²) < 4.78 is 0. The van der Waals surface area contributed by atoms with Gasteiger partial charge in [-0.15, -0.1) is 11.3 Å². The largest absolute Gasteiger partial charge is 0.477 e. The molecule has 1 aromatic heterocycles. The molecule has 14 heavy (non-hydrogen) atoms. The molecule has 0 radical (unpaired) electrons. The van der Waals surface area contributed by atoms with Gasteiger partial charge in [-0.05, 0) is 18.2 Å². The maximum absolute atomic E-state index is 10.5. The molecule has 0 aliphatic heterocycles. The van der Waals surface area contributed by atoms with Crippen molar-refractivity contribution in [2.75, 3.05) is 0 Å². The molecule has 0 saturated heterocycles. The average Bonchev–Trinajstić information content (AvgIpc) is 2.61. The van der Waals surface area contributed by atoms with Crippen LogP contribution in [0.2, 0.25) is 0 Å². The molecule has 0 spiro atoms. The van der Waals surface area contributed by atoms with Crippen LogP contribution in [0, 0.1) is 11.3 Å². The highest BCUT2D eigenvalue weighted by atomic mass is 32.1. The van der Waals surface area contributed by atoms with Crippen LogP contribution in [0.15, 0.2) is 24.3 Å². The minimum absolute atomic E-state index is 0.262. The van der Waals surface area contributed by atoms with E-state index in [4.69, 9.17) is 10.4 Å². The first kappa shape index (κ1) is 10.2. The van der Waals surface area contributed by atoms with E-state index in [1.165, 1.54) is 17.4 Å². The molecule has 0 atom stereocenters. The fourth-order valence-corrected chi connectivity index (χ4v) is 1.64. The predicted molar refractivity (Wildman–Crippen MR) is 55.6 cm³/mol. The van der Waals surface area contributed by atoms with Crippen LogP contribution in [0.1, 0.15) is 9.75 Å². The number of nitrogens with zero attached hydrogens (tertiary/aromatic N) is 1. The van der Waals surface area contributed by atoms with Gasteiger partial charge in [0.25, 0.3) is 0 Å². The van der Waals surface area contributed by atoms with Crippen LogP contribution in [0.5, 0.6) is 0 Å². The van der Waals surface area contributed by atoms with Gasteiger partial charge in [-0.25, -0.2) is 4.79 Å². The molecule has 1 heterocycles. The summed E-state index contributed by atoms with van der Waals surface area (Å²) in [7, 11) is 0. The molecule has 70 valence electrons. The van der Waals surface area contributed by atoms with E-state index in [1.807, 2.05) is 6.07 Å². The summed E-state index contributed by atoms with van der Waals surface area (Å²) in [6.07, 6.45) is 3.02. The van der Waals surface area contributed by atoms with E-state index < -0.39 is 5.97 Å². The van der Waals surface area contributed by atoms with Gasteiger partial charge in [0.15, 0.2) is 0 Å². The standard InChI is InChI=1S/C10H7NO2S/c1-2-8-3-4-9(14-8)5-7(6-11)10(12)13/h2-5H,1H2,(H,12,13)/b7-5-. The lowest BCUT2D eigenvalue weighted by Gasteiger charge is -1.87. The Morgan fingerprint density at radius 1 is 1.57 bits per heavy atom. The molecule has 0 aliphatic carbocycles. The summed E-state index contributed by atoms with van der Waals surface area (Å²) in [6.45, 7) is 3.59. The first-order valence-electron chi connectivity index (χ1n) is 3.74. The topological polar surface area (TPSA) is 61.1 Å². The fraction of sp³-hybridized carbons (Fsp3) is 0. The van der Waals surface area contributed by atoms with Gasteiger partial charge in [-0.1, -0.05) is 12.7 Å². The van der Waals surface area contributed by atoms with Crippen LogP contribution in [-0.4, -0.2) is 11.1 Å². The maximum atomic E-state index is 10.5. The van der Waals surface area contributed by atoms with E-state index in [0.29, 0.717) is 0 Å². The van der Waals surface area contributed by atoms with Crippen LogP contribution in [0.25, 0.3) is 12.2 Å². The van der Waals surface area contributed by atoms with Crippen LogP contribution in [0.4, 0.5) is 0 Å². The normalized spacial score (nSPS) is 10.6. The molecule has 0 bridgehead atoms. The smallest absolute Gasteiger partial charge is 0.346 e. The summed E-state index contributed by atoms with van der Waals surface area (Å²) in [6, 6.07) is 5.19. The lowest BCUT2D eigenvalue weighted by atomic mass is 10.2. The first-order chi connectivity index (χ1) is 6.67. The number of carboxylic acid groups (broad SMARTS) is 1. The minimum Gasteiger partial charge on any atom is -0.477 e. The number of carboxylic acids is 1. The molecule has 0 saturated carbocycles. The number of hydrogen-bond acceptors (Lipinski definition) is 3. The van der Waals surface area contributed by atoms with Crippen molar-refractivity contribution in [2.24, 2.45) is 0 Å². The zero-order valence-corrected chi connectivity index (χ0v) is 8.04. The molecule has 0 unspecified atom stereocenters. The molecule has 1 N–H and O–H groups in total. The third-order valence-electron chi connectivity index (χ3n) is 1.49. The van der Waals surface area contributed by atoms with E-state index in [0.717, 1.165) is 9.75 Å². The van der Waals surface area contributed by atoms with Gasteiger partial charge >= 0.3 is 5.97 Å². The molecule has 0 aromatic carbocycles. The Morgan fingerprint density at radius 2 is 2.21 bits per heavy atom. The van der Waals surface area contributed by atoms with Crippen molar-refractivity contribution < 1.29 is 9.90 Å². The second-order valence-electron chi connectivity index (χ2n) is 2.42. The van der Waals surface area contributed by atoms with E-state index in [1.54, 1.807) is 18.2 Å². The van der Waals surface area contributed by atoms with Gasteiger partial charge in [-0.2, -0.15) is 5.26 Å². The van der Waals surface area contributed by atoms with E-state index in [2.05, 4.69) is 6.58 Å². The second kappa shape index (κ2) is 4.40. The van der Waals surface area contributed by atoms with Crippen molar-refractivity contribution in [1.82, 2.24) is 0 Å². The summed E-state index contributed by atoms with van der Waals surface area (Å²) >= 11 is 1.39. The average molecular weight is 205 g/mol. The van der Waals surface area contributed by atoms with Gasteiger partial charge in [0.05, 0.1) is 0 Å². The molecule has 4 heteroatoms. The fourth-order valence-electron chi connectivity index (χ4n) is 0.840. The molecule has 0 fully saturated rings. The lowest BCUT2D eigenvalue weighted by molar-refractivity contribution is -0.132. The van der Waals surface area contributed by atoms with E-state index in [9.17, 15) is 4.79 Å². The van der Waals surface area contributed by atoms with Crippen molar-refractivity contribution >= 4 is 29.5 Å². The SMILES string of the molecule is C=Cc1ccc(/C=C(/C#N)C(=O)O)s1. The highest BCUT2D eigenvalue weighted by Crippen LogP contribution is 2.19. The summed E-state index contributed by atoms with van der Waals surface area (Å²) in [4.78, 5) is 12.2. The first-order valence-corrected chi connectivity index (χ1v) is 4.56. The van der Waals surface area contributed by atoms with Gasteiger partial charge < -0.3 is 5.11 Å². The Balaban J connectivity index is 3.02. The van der Waals surface area contributed by atoms with Crippen molar-refractivity contribution in [1.29, 1.82) is 5.26 Å². The maximum Gasteiger partial charge on any atom is 0.346 e. The Kier molecular flexibility index (Phi) is 3.21. The minimum atomic E-state index is -1.21. The van der Waals surface area contributed by atoms with E-state index in [-0.39, 0.29) is 5.57 Å². The Morgan fingerprint density at radius 3 is 2.64 bits per heavy atom. The quantitative estimate of drug-likeness (QED) is 0.608. The zero-order chi connectivity index (χ0) is 10.6. The molecule has 0 amide bonds. The van der Waals surface area contributed by atoms with Crippen molar-refractivity contribution in [3.05, 3.63) is 34.0 Å². The van der Waals surface area contributed by atoms with Gasteiger partial charge in [0, 0.05) is 9.75 Å². The Bertz CT molecular complexity index is 437. The molecule has 1 rings (SSSR count). The third kappa shape index (κ3) is 2.31. The number of carbonyl (C=O) groups is 1. The summed E-state index contributed by atoms with van der Waals surface area (Å²) in [5.41, 5.74) is -0.262. The van der Waals surface area contributed by atoms with Gasteiger partial charge in [0.1, 0.15) is 11.6 Å². The predicted octanol–water partition coefficient (Wildman–Crippen LogP) is 2.38. The van der Waals surface area contributed by atoms with Crippen molar-refractivity contribution in [3.8, 4) is 6.07 Å². The molecular weight excluding hydrogens is 198 g/mol. The molecule has 1 aromatic rings. The molecule has 0 aliphatic rings. The van der Waals surface area contributed by atoms with Gasteiger partial charge in [-0.3, -0.25) is 0 Å². The van der Waals surface area contributed by atoms with Crippen molar-refractivity contribution in [2.45, 2.75) is 0 Å². The number of rotatable bonds is 3. The third-order valence-corrected chi connectivity index (χ3v) is 2.51. The number of thiophene rings is 1. The summed E-state index contributed by atoms with van der Waals surface area (Å²) in [5.74, 6) is -1.21. The number of nitriles is 1. The highest BCUT2D eigenvalue weighted by molar-refractivity contribution is 7.13. The second-order valence-corrected chi connectivity index (χ2v) is 3.57.